The van der Waals surface area contributed by atoms with Crippen molar-refractivity contribution in [1.82, 2.24) is 0 Å². The van der Waals surface area contributed by atoms with Crippen LogP contribution in [0, 0.1) is 11.8 Å². The zero-order chi connectivity index (χ0) is 13.8. The quantitative estimate of drug-likeness (QED) is 0.776. The normalized spacial score (nSPS) is 26.8. The molecule has 104 valence electrons. The van der Waals surface area contributed by atoms with Crippen molar-refractivity contribution in [2.24, 2.45) is 11.8 Å². The zero-order valence-electron chi connectivity index (χ0n) is 11.9. The van der Waals surface area contributed by atoms with E-state index in [0.29, 0.717) is 28.9 Å². The minimum absolute atomic E-state index is 0.175. The Bertz CT molecular complexity index is 432. The summed E-state index contributed by atoms with van der Waals surface area (Å²) < 4.78 is 11.4. The van der Waals surface area contributed by atoms with Gasteiger partial charge in [0.1, 0.15) is 0 Å². The van der Waals surface area contributed by atoms with Crippen molar-refractivity contribution in [3.8, 4) is 11.5 Å². The molecule has 3 heteroatoms. The van der Waals surface area contributed by atoms with Crippen LogP contribution in [0.3, 0.4) is 0 Å². The van der Waals surface area contributed by atoms with Gasteiger partial charge in [0, 0.05) is 0 Å². The molecule has 0 amide bonds. The molecule has 0 aliphatic heterocycles. The smallest absolute Gasteiger partial charge is 0.172 e. The number of benzene rings is 1. The van der Waals surface area contributed by atoms with Gasteiger partial charge in [0.15, 0.2) is 17.8 Å². The third kappa shape index (κ3) is 3.28. The Hall–Kier alpha value is -1.51. The molecule has 3 nitrogen and oxygen atoms in total. The Labute approximate surface area is 114 Å². The highest BCUT2D eigenvalue weighted by Crippen LogP contribution is 2.36. The summed E-state index contributed by atoms with van der Waals surface area (Å²) in [7, 11) is 1.60. The third-order valence-electron chi connectivity index (χ3n) is 3.78. The summed E-state index contributed by atoms with van der Waals surface area (Å²) in [4.78, 5) is 11.1. The fourth-order valence-electron chi connectivity index (χ4n) is 3.05. The largest absolute Gasteiger partial charge is 0.493 e. The monoisotopic (exact) mass is 262 g/mol. The number of hydrogen-bond donors (Lipinski definition) is 0. The van der Waals surface area contributed by atoms with Crippen molar-refractivity contribution in [2.75, 3.05) is 7.11 Å². The molecule has 1 aromatic carbocycles. The van der Waals surface area contributed by atoms with Crippen molar-refractivity contribution in [2.45, 2.75) is 39.2 Å². The van der Waals surface area contributed by atoms with Crippen molar-refractivity contribution >= 4 is 6.29 Å². The summed E-state index contributed by atoms with van der Waals surface area (Å²) in [6, 6.07) is 5.40. The zero-order valence-corrected chi connectivity index (χ0v) is 11.9. The van der Waals surface area contributed by atoms with E-state index in [2.05, 4.69) is 13.8 Å². The van der Waals surface area contributed by atoms with Crippen LogP contribution in [0.2, 0.25) is 0 Å². The highest BCUT2D eigenvalue weighted by molar-refractivity contribution is 5.81. The molecule has 2 atom stereocenters. The molecular weight excluding hydrogens is 240 g/mol. The molecule has 0 spiro atoms. The average Bonchev–Trinajstić information content (AvgIpc) is 2.37. The van der Waals surface area contributed by atoms with Gasteiger partial charge in [-0.1, -0.05) is 19.9 Å². The topological polar surface area (TPSA) is 35.5 Å². The van der Waals surface area contributed by atoms with E-state index in [1.807, 2.05) is 12.1 Å². The van der Waals surface area contributed by atoms with Crippen LogP contribution in [-0.4, -0.2) is 19.5 Å². The summed E-state index contributed by atoms with van der Waals surface area (Å²) in [6.07, 6.45) is 4.34. The van der Waals surface area contributed by atoms with E-state index in [1.54, 1.807) is 13.2 Å². The first-order valence-electron chi connectivity index (χ1n) is 6.92. The molecule has 0 radical (unpaired) electrons. The van der Waals surface area contributed by atoms with Gasteiger partial charge in [-0.05, 0) is 43.2 Å². The molecule has 1 aromatic rings. The predicted molar refractivity (Wildman–Crippen MR) is 75.0 cm³/mol. The van der Waals surface area contributed by atoms with E-state index in [1.165, 1.54) is 6.42 Å². The van der Waals surface area contributed by atoms with Crippen LogP contribution in [0.15, 0.2) is 18.2 Å². The molecular formula is C16H22O3. The average molecular weight is 262 g/mol. The second-order valence-corrected chi connectivity index (χ2v) is 5.65. The van der Waals surface area contributed by atoms with E-state index in [4.69, 9.17) is 9.47 Å². The molecule has 0 aromatic heterocycles. The lowest BCUT2D eigenvalue weighted by Crippen LogP contribution is -2.29. The number of aldehydes is 1. The van der Waals surface area contributed by atoms with Gasteiger partial charge in [-0.25, -0.2) is 0 Å². The molecule has 1 fully saturated rings. The van der Waals surface area contributed by atoms with Crippen LogP contribution in [0.4, 0.5) is 0 Å². The first-order chi connectivity index (χ1) is 9.13. The number of carbonyl (C=O) groups is 1. The molecule has 1 saturated carbocycles. The minimum Gasteiger partial charge on any atom is -0.493 e. The molecule has 1 aliphatic rings. The lowest BCUT2D eigenvalue weighted by molar-refractivity contribution is 0.0952. The van der Waals surface area contributed by atoms with Crippen molar-refractivity contribution in [3.63, 3.8) is 0 Å². The third-order valence-corrected chi connectivity index (χ3v) is 3.78. The summed E-state index contributed by atoms with van der Waals surface area (Å²) in [5, 5.41) is 0. The molecule has 0 N–H and O–H groups in total. The standard InChI is InChI=1S/C16H22O3/c1-11-7-12(2)9-14(8-11)19-16-13(10-17)5-4-6-15(16)18-3/h4-6,10-12,14H,7-9H2,1-3H3. The molecule has 2 unspecified atom stereocenters. The first-order valence-corrected chi connectivity index (χ1v) is 6.92. The Morgan fingerprint density at radius 1 is 1.16 bits per heavy atom. The summed E-state index contributed by atoms with van der Waals surface area (Å²) in [5.41, 5.74) is 0.560. The molecule has 2 rings (SSSR count). The van der Waals surface area contributed by atoms with E-state index in [0.717, 1.165) is 19.1 Å². The SMILES string of the molecule is COc1cccc(C=O)c1OC1CC(C)CC(C)C1. The van der Waals surface area contributed by atoms with Crippen molar-refractivity contribution in [3.05, 3.63) is 23.8 Å². The van der Waals surface area contributed by atoms with E-state index < -0.39 is 0 Å². The lowest BCUT2D eigenvalue weighted by Gasteiger charge is -2.32. The molecule has 19 heavy (non-hydrogen) atoms. The Kier molecular flexibility index (Phi) is 4.46. The summed E-state index contributed by atoms with van der Waals surface area (Å²) in [5.74, 6) is 2.56. The van der Waals surface area contributed by atoms with Crippen molar-refractivity contribution in [1.29, 1.82) is 0 Å². The minimum atomic E-state index is 0.175. The number of ether oxygens (including phenoxy) is 2. The van der Waals surface area contributed by atoms with Crippen LogP contribution in [0.5, 0.6) is 11.5 Å². The second-order valence-electron chi connectivity index (χ2n) is 5.65. The van der Waals surface area contributed by atoms with E-state index in [-0.39, 0.29) is 6.10 Å². The number of methoxy groups -OCH3 is 1. The first kappa shape index (κ1) is 13.9. The Morgan fingerprint density at radius 3 is 2.42 bits per heavy atom. The fraction of sp³-hybridized carbons (Fsp3) is 0.562. The van der Waals surface area contributed by atoms with Gasteiger partial charge in [0.2, 0.25) is 0 Å². The number of rotatable bonds is 4. The van der Waals surface area contributed by atoms with E-state index >= 15 is 0 Å². The van der Waals surface area contributed by atoms with Crippen molar-refractivity contribution < 1.29 is 14.3 Å². The number of para-hydroxylation sites is 1. The highest BCUT2D eigenvalue weighted by atomic mass is 16.5. The van der Waals surface area contributed by atoms with Crippen LogP contribution in [0.1, 0.15) is 43.5 Å². The Morgan fingerprint density at radius 2 is 1.84 bits per heavy atom. The predicted octanol–water partition coefficient (Wildman–Crippen LogP) is 3.71. The van der Waals surface area contributed by atoms with Crippen LogP contribution in [0.25, 0.3) is 0 Å². The fourth-order valence-corrected chi connectivity index (χ4v) is 3.05. The summed E-state index contributed by atoms with van der Waals surface area (Å²) >= 11 is 0. The molecule has 0 bridgehead atoms. The van der Waals surface area contributed by atoms with E-state index in [9.17, 15) is 4.79 Å². The van der Waals surface area contributed by atoms with Gasteiger partial charge in [0.05, 0.1) is 18.8 Å². The van der Waals surface area contributed by atoms with Gasteiger partial charge in [-0.3, -0.25) is 4.79 Å². The van der Waals surface area contributed by atoms with Gasteiger partial charge in [-0.15, -0.1) is 0 Å². The van der Waals surface area contributed by atoms with Gasteiger partial charge in [-0.2, -0.15) is 0 Å². The lowest BCUT2D eigenvalue weighted by atomic mass is 9.82. The van der Waals surface area contributed by atoms with Gasteiger partial charge < -0.3 is 9.47 Å². The number of carbonyl (C=O) groups excluding carboxylic acids is 1. The molecule has 0 heterocycles. The number of hydrogen-bond acceptors (Lipinski definition) is 3. The van der Waals surface area contributed by atoms with Gasteiger partial charge in [0.25, 0.3) is 0 Å². The van der Waals surface area contributed by atoms with Crippen LogP contribution in [-0.2, 0) is 0 Å². The summed E-state index contributed by atoms with van der Waals surface area (Å²) in [6.45, 7) is 4.52. The highest BCUT2D eigenvalue weighted by Gasteiger charge is 2.26. The second kappa shape index (κ2) is 6.09. The maximum absolute atomic E-state index is 11.1. The van der Waals surface area contributed by atoms with Gasteiger partial charge >= 0.3 is 0 Å². The Balaban J connectivity index is 2.20. The molecule has 1 aliphatic carbocycles. The maximum atomic E-state index is 11.1. The molecule has 0 saturated heterocycles. The maximum Gasteiger partial charge on any atom is 0.172 e. The van der Waals surface area contributed by atoms with Crippen LogP contribution >= 0.6 is 0 Å². The van der Waals surface area contributed by atoms with Crippen LogP contribution < -0.4 is 9.47 Å².